The summed E-state index contributed by atoms with van der Waals surface area (Å²) in [5.74, 6) is -0.873. The number of carbonyl (C=O) groups is 3. The minimum absolute atomic E-state index is 0.0331. The molecule has 12 nitrogen and oxygen atoms in total. The highest BCUT2D eigenvalue weighted by Gasteiger charge is 2.30. The van der Waals surface area contributed by atoms with E-state index >= 15 is 0 Å². The third-order valence-corrected chi connectivity index (χ3v) is 8.58. The first-order valence-corrected chi connectivity index (χ1v) is 18.9. The fraction of sp³-hybridized carbons (Fsp3) is 0.364. The Morgan fingerprint density at radius 2 is 1.19 bits per heavy atom. The maximum Gasteiger partial charge on any atom is 0.319 e. The van der Waals surface area contributed by atoms with Gasteiger partial charge >= 0.3 is 6.03 Å². The quantitative estimate of drug-likeness (QED) is 0.0680. The zero-order valence-electron chi connectivity index (χ0n) is 34.7. The van der Waals surface area contributed by atoms with E-state index in [1.807, 2.05) is 107 Å². The molecule has 0 radical (unpaired) electrons. The number of benzene rings is 4. The highest BCUT2D eigenvalue weighted by Crippen LogP contribution is 2.14. The second-order valence-corrected chi connectivity index (χ2v) is 14.6. The minimum Gasteiger partial charge on any atom is -0.336 e. The highest BCUT2D eigenvalue weighted by molar-refractivity contribution is 5.93. The van der Waals surface area contributed by atoms with Gasteiger partial charge in [0.25, 0.3) is 5.91 Å². The Morgan fingerprint density at radius 1 is 0.690 bits per heavy atom. The van der Waals surface area contributed by atoms with Crippen molar-refractivity contribution in [2.24, 2.45) is 22.6 Å². The van der Waals surface area contributed by atoms with Crippen LogP contribution in [0.2, 0.25) is 0 Å². The molecule has 0 unspecified atom stereocenters. The van der Waals surface area contributed by atoms with Crippen LogP contribution in [0.25, 0.3) is 0 Å². The largest absolute Gasteiger partial charge is 0.336 e. The van der Waals surface area contributed by atoms with E-state index in [4.69, 9.17) is 5.73 Å². The van der Waals surface area contributed by atoms with Gasteiger partial charge in [-0.25, -0.2) is 23.4 Å². The Balaban J connectivity index is 0.000000335. The second kappa shape index (κ2) is 25.5. The maximum absolute atomic E-state index is 13.2. The maximum atomic E-state index is 13.2. The summed E-state index contributed by atoms with van der Waals surface area (Å²) in [6.45, 7) is 10.3. The molecule has 58 heavy (non-hydrogen) atoms. The number of amides is 4. The number of halogens is 2. The average molecular weight is 801 g/mol. The number of hydrogen-bond donors (Lipinski definition) is 3. The zero-order chi connectivity index (χ0) is 43.2. The van der Waals surface area contributed by atoms with E-state index in [0.717, 1.165) is 17.7 Å². The van der Waals surface area contributed by atoms with E-state index < -0.39 is 18.1 Å². The van der Waals surface area contributed by atoms with Crippen LogP contribution < -0.4 is 16.4 Å². The molecule has 4 rings (SSSR count). The van der Waals surface area contributed by atoms with E-state index in [1.165, 1.54) is 54.6 Å². The number of aliphatic imine (C=N–C) groups is 1. The third-order valence-electron chi connectivity index (χ3n) is 8.58. The van der Waals surface area contributed by atoms with Crippen molar-refractivity contribution < 1.29 is 28.0 Å². The first-order chi connectivity index (χ1) is 27.5. The fourth-order valence-electron chi connectivity index (χ4n) is 5.14. The molecule has 4 amide bonds. The number of anilines is 1. The van der Waals surface area contributed by atoms with Gasteiger partial charge in [-0.3, -0.25) is 14.6 Å². The molecular formula is C44H58F2N8O4. The van der Waals surface area contributed by atoms with Crippen molar-refractivity contribution in [1.29, 1.82) is 0 Å². The number of rotatable bonds is 15. The minimum atomic E-state index is -0.716. The highest BCUT2D eigenvalue weighted by atomic mass is 19.1. The number of isocyanates is 1. The van der Waals surface area contributed by atoms with Gasteiger partial charge < -0.3 is 26.2 Å². The molecule has 0 saturated heterocycles. The molecule has 0 heterocycles. The molecule has 4 aromatic rings. The van der Waals surface area contributed by atoms with Crippen LogP contribution in [0.3, 0.4) is 0 Å². The summed E-state index contributed by atoms with van der Waals surface area (Å²) < 4.78 is 25.2. The van der Waals surface area contributed by atoms with Crippen molar-refractivity contribution in [2.75, 3.05) is 46.6 Å². The van der Waals surface area contributed by atoms with E-state index in [9.17, 15) is 28.0 Å². The Bertz CT molecular complexity index is 1860. The number of nitrogens with one attached hydrogen (secondary N) is 2. The lowest BCUT2D eigenvalue weighted by atomic mass is 10.0. The standard InChI is InChI=1S/C21H27FN4O2.C16H27N3O.C7H4FNO/c1-15(2)19(24-21(28)23-18-12-10-17(22)11-13-18)20(27)26(25(3)4)14-16-8-6-5-7-9-16;1-13(2)15(17)16(20)19(11-10-18(3)4)12-14-8-6-5-7-9-14;8-6-1-3-7(4-2-6)9-5-10/h5-13,15,19H,14H2,1-4H3,(H2,23,24,28);5-9,13,15H,10-12,17H2,1-4H3;1-4H/t19-;15-;/m00./s1. The molecule has 4 aromatic carbocycles. The molecule has 0 spiro atoms. The van der Waals surface area contributed by atoms with Crippen molar-refractivity contribution in [3.8, 4) is 0 Å². The van der Waals surface area contributed by atoms with Gasteiger partial charge in [-0.2, -0.15) is 4.99 Å². The summed E-state index contributed by atoms with van der Waals surface area (Å²) in [7, 11) is 7.59. The molecule has 0 aromatic heterocycles. The van der Waals surface area contributed by atoms with Crippen molar-refractivity contribution in [3.05, 3.63) is 132 Å². The van der Waals surface area contributed by atoms with Gasteiger partial charge in [0.1, 0.15) is 17.7 Å². The summed E-state index contributed by atoms with van der Waals surface area (Å²) in [6, 6.07) is 28.7. The smallest absolute Gasteiger partial charge is 0.319 e. The van der Waals surface area contributed by atoms with Gasteiger partial charge in [-0.15, -0.1) is 0 Å². The van der Waals surface area contributed by atoms with Crippen LogP contribution >= 0.6 is 0 Å². The van der Waals surface area contributed by atoms with Crippen molar-refractivity contribution in [3.63, 3.8) is 0 Å². The SMILES string of the molecule is CC(C)[C@H](N)C(=O)N(CCN(C)C)Cc1ccccc1.CC(C)[C@H](NC(=O)Nc1ccc(F)cc1)C(=O)N(Cc1ccccc1)N(C)C.O=C=Nc1ccc(F)cc1. The summed E-state index contributed by atoms with van der Waals surface area (Å²) in [6.07, 6.45) is 1.36. The topological polar surface area (TPSA) is 144 Å². The Labute approximate surface area is 341 Å². The lowest BCUT2D eigenvalue weighted by Gasteiger charge is -2.34. The van der Waals surface area contributed by atoms with E-state index in [1.54, 1.807) is 24.1 Å². The van der Waals surface area contributed by atoms with Crippen LogP contribution in [0.1, 0.15) is 38.8 Å². The fourth-order valence-corrected chi connectivity index (χ4v) is 5.14. The number of hydrazine groups is 1. The van der Waals surface area contributed by atoms with E-state index in [0.29, 0.717) is 31.0 Å². The van der Waals surface area contributed by atoms with Crippen molar-refractivity contribution >= 4 is 35.3 Å². The molecule has 0 bridgehead atoms. The molecule has 0 fully saturated rings. The summed E-state index contributed by atoms with van der Waals surface area (Å²) in [4.78, 5) is 54.9. The second-order valence-electron chi connectivity index (χ2n) is 14.6. The molecule has 0 aliphatic rings. The third kappa shape index (κ3) is 18.0. The predicted molar refractivity (Wildman–Crippen MR) is 225 cm³/mol. The molecule has 2 atom stereocenters. The van der Waals surface area contributed by atoms with Gasteiger partial charge in [-0.05, 0) is 85.6 Å². The monoisotopic (exact) mass is 800 g/mol. The van der Waals surface area contributed by atoms with Gasteiger partial charge in [0.05, 0.1) is 18.3 Å². The van der Waals surface area contributed by atoms with E-state index in [2.05, 4.69) is 20.5 Å². The van der Waals surface area contributed by atoms with Gasteiger partial charge in [0.15, 0.2) is 0 Å². The first kappa shape index (κ1) is 48.4. The molecule has 4 N–H and O–H groups in total. The molecule has 0 saturated carbocycles. The van der Waals surface area contributed by atoms with Gasteiger partial charge in [0.2, 0.25) is 12.0 Å². The van der Waals surface area contributed by atoms with Crippen molar-refractivity contribution in [2.45, 2.75) is 52.9 Å². The van der Waals surface area contributed by atoms with Gasteiger partial charge in [0, 0.05) is 39.4 Å². The van der Waals surface area contributed by atoms with Gasteiger partial charge in [-0.1, -0.05) is 88.4 Å². The molecule has 312 valence electrons. The number of likely N-dealkylation sites (N-methyl/N-ethyl adjacent to an activating group) is 1. The molecular weight excluding hydrogens is 743 g/mol. The van der Waals surface area contributed by atoms with Crippen LogP contribution in [0.4, 0.5) is 25.0 Å². The number of urea groups is 1. The molecule has 14 heteroatoms. The predicted octanol–water partition coefficient (Wildman–Crippen LogP) is 6.83. The van der Waals surface area contributed by atoms with Crippen molar-refractivity contribution in [1.82, 2.24) is 25.1 Å². The Hall–Kier alpha value is -5.79. The van der Waals surface area contributed by atoms with Crippen LogP contribution in [0, 0.1) is 23.5 Å². The van der Waals surface area contributed by atoms with E-state index in [-0.39, 0.29) is 35.3 Å². The van der Waals surface area contributed by atoms with Crippen LogP contribution in [-0.4, -0.2) is 97.1 Å². The lowest BCUT2D eigenvalue weighted by molar-refractivity contribution is -0.149. The Kier molecular flexibility index (Phi) is 21.2. The number of nitrogens with two attached hydrogens (primary N) is 1. The Morgan fingerprint density at radius 3 is 1.64 bits per heavy atom. The van der Waals surface area contributed by atoms with Crippen LogP contribution in [0.5, 0.6) is 0 Å². The zero-order valence-corrected chi connectivity index (χ0v) is 34.7. The first-order valence-electron chi connectivity index (χ1n) is 18.9. The number of hydrogen-bond acceptors (Lipinski definition) is 8. The average Bonchev–Trinajstić information content (AvgIpc) is 3.19. The summed E-state index contributed by atoms with van der Waals surface area (Å²) >= 11 is 0. The summed E-state index contributed by atoms with van der Waals surface area (Å²) in [5.41, 5.74) is 9.00. The van der Waals surface area contributed by atoms with Crippen LogP contribution in [-0.2, 0) is 27.5 Å². The molecule has 0 aliphatic heterocycles. The van der Waals surface area contributed by atoms with Crippen LogP contribution in [0.15, 0.2) is 114 Å². The summed E-state index contributed by atoms with van der Waals surface area (Å²) in [5, 5.41) is 8.67. The number of nitrogens with zero attached hydrogens (tertiary/aromatic N) is 5. The normalized spacial score (nSPS) is 11.6. The molecule has 0 aliphatic carbocycles. The number of carbonyl (C=O) groups excluding carboxylic acids is 4. The lowest BCUT2D eigenvalue weighted by Crippen LogP contribution is -2.55.